The molecule has 3 aromatic carbocycles. The molecule has 3 aromatic rings. The van der Waals surface area contributed by atoms with Crippen molar-refractivity contribution in [2.45, 2.75) is 6.04 Å². The third kappa shape index (κ3) is 3.83. The van der Waals surface area contributed by atoms with Crippen molar-refractivity contribution in [3.05, 3.63) is 99.6 Å². The van der Waals surface area contributed by atoms with Crippen LogP contribution in [0.1, 0.15) is 17.2 Å². The number of anilines is 1. The highest BCUT2D eigenvalue weighted by atomic mass is 16.6. The highest BCUT2D eigenvalue weighted by Gasteiger charge is 2.47. The summed E-state index contributed by atoms with van der Waals surface area (Å²) in [4.78, 5) is 38.3. The van der Waals surface area contributed by atoms with E-state index in [1.807, 2.05) is 0 Å². The highest BCUT2D eigenvalue weighted by Crippen LogP contribution is 2.44. The fraction of sp³-hybridized carbons (Fsp3) is 0.120. The van der Waals surface area contributed by atoms with Crippen LogP contribution in [0.2, 0.25) is 0 Å². The quantitative estimate of drug-likeness (QED) is 0.192. The van der Waals surface area contributed by atoms with Gasteiger partial charge in [-0.05, 0) is 23.8 Å². The summed E-state index contributed by atoms with van der Waals surface area (Å²) in [6.45, 7) is 0. The van der Waals surface area contributed by atoms with Crippen molar-refractivity contribution in [2.75, 3.05) is 19.1 Å². The van der Waals surface area contributed by atoms with E-state index in [-0.39, 0.29) is 22.7 Å². The Morgan fingerprint density at radius 1 is 0.941 bits per heavy atom. The second-order valence-electron chi connectivity index (χ2n) is 7.43. The van der Waals surface area contributed by atoms with E-state index in [9.17, 15) is 24.8 Å². The molecule has 0 bridgehead atoms. The monoisotopic (exact) mass is 460 g/mol. The predicted octanol–water partition coefficient (Wildman–Crippen LogP) is 4.24. The van der Waals surface area contributed by atoms with Crippen molar-refractivity contribution < 1.29 is 29.1 Å². The van der Waals surface area contributed by atoms with E-state index < -0.39 is 22.7 Å². The van der Waals surface area contributed by atoms with Gasteiger partial charge in [0.15, 0.2) is 11.5 Å². The molecule has 1 aliphatic rings. The molecule has 0 unspecified atom stereocenters. The van der Waals surface area contributed by atoms with E-state index in [2.05, 4.69) is 0 Å². The van der Waals surface area contributed by atoms with Gasteiger partial charge >= 0.3 is 0 Å². The Hall–Kier alpha value is -4.66. The van der Waals surface area contributed by atoms with Gasteiger partial charge in [0.05, 0.1) is 36.4 Å². The minimum absolute atomic E-state index is 0.142. The van der Waals surface area contributed by atoms with Crippen LogP contribution in [0, 0.1) is 10.1 Å². The van der Waals surface area contributed by atoms with Gasteiger partial charge < -0.3 is 14.6 Å². The van der Waals surface area contributed by atoms with Gasteiger partial charge in [0.1, 0.15) is 5.76 Å². The Kier molecular flexibility index (Phi) is 6.01. The molecule has 0 aliphatic carbocycles. The number of Topliss-reactive ketones (excluding diaryl/α,β-unsaturated/α-hetero) is 1. The van der Waals surface area contributed by atoms with Gasteiger partial charge in [-0.25, -0.2) is 0 Å². The number of nitro benzene ring substituents is 1. The Labute approximate surface area is 194 Å². The lowest BCUT2D eigenvalue weighted by Crippen LogP contribution is -2.29. The number of carbonyl (C=O) groups is 2. The van der Waals surface area contributed by atoms with Crippen LogP contribution in [-0.4, -0.2) is 35.9 Å². The minimum atomic E-state index is -1.07. The molecule has 1 atom stereocenters. The van der Waals surface area contributed by atoms with Crippen molar-refractivity contribution in [1.29, 1.82) is 0 Å². The predicted molar refractivity (Wildman–Crippen MR) is 124 cm³/mol. The molecule has 1 amide bonds. The van der Waals surface area contributed by atoms with Crippen molar-refractivity contribution in [1.82, 2.24) is 0 Å². The zero-order valence-electron chi connectivity index (χ0n) is 18.3. The van der Waals surface area contributed by atoms with Crippen LogP contribution in [0.3, 0.4) is 0 Å². The lowest BCUT2D eigenvalue weighted by atomic mass is 9.94. The number of ketones is 1. The molecular weight excluding hydrogens is 440 g/mol. The van der Waals surface area contributed by atoms with Crippen LogP contribution in [0.15, 0.2) is 78.4 Å². The summed E-state index contributed by atoms with van der Waals surface area (Å²) in [7, 11) is 2.92. The second kappa shape index (κ2) is 9.07. The van der Waals surface area contributed by atoms with Gasteiger partial charge in [0.25, 0.3) is 17.4 Å². The van der Waals surface area contributed by atoms with Crippen molar-refractivity contribution in [2.24, 2.45) is 0 Å². The lowest BCUT2D eigenvalue weighted by molar-refractivity contribution is -0.384. The number of methoxy groups -OCH3 is 2. The number of hydrogen-bond donors (Lipinski definition) is 1. The standard InChI is InChI=1S/C25H20N2O7/c1-33-19-12-11-16(13-20(19)34-2)22-21(23(28)15-7-4-3-5-8-15)24(29)25(30)26(22)17-9-6-10-18(14-17)27(31)32/h3-14,22,28H,1-2H3/b23-21+/t22-/m0/s1. The first-order valence-corrected chi connectivity index (χ1v) is 10.2. The van der Waals surface area contributed by atoms with Crippen LogP contribution in [0.5, 0.6) is 11.5 Å². The number of non-ortho nitro benzene ring substituents is 1. The smallest absolute Gasteiger partial charge is 0.300 e. The number of hydrogen-bond acceptors (Lipinski definition) is 7. The van der Waals surface area contributed by atoms with Crippen LogP contribution in [0.4, 0.5) is 11.4 Å². The zero-order valence-corrected chi connectivity index (χ0v) is 18.3. The number of aliphatic hydroxyl groups is 1. The largest absolute Gasteiger partial charge is 0.507 e. The van der Waals surface area contributed by atoms with E-state index >= 15 is 0 Å². The number of carbonyl (C=O) groups excluding carboxylic acids is 2. The molecular formula is C25H20N2O7. The summed E-state index contributed by atoms with van der Waals surface area (Å²) in [6, 6.07) is 17.6. The number of nitro groups is 1. The van der Waals surface area contributed by atoms with Crippen molar-refractivity contribution >= 4 is 28.8 Å². The molecule has 9 heteroatoms. The van der Waals surface area contributed by atoms with Gasteiger partial charge in [-0.1, -0.05) is 42.5 Å². The fourth-order valence-corrected chi connectivity index (χ4v) is 3.95. The molecule has 1 heterocycles. The number of amides is 1. The van der Waals surface area contributed by atoms with Crippen LogP contribution in [-0.2, 0) is 9.59 Å². The number of rotatable bonds is 6. The highest BCUT2D eigenvalue weighted by molar-refractivity contribution is 6.51. The molecule has 9 nitrogen and oxygen atoms in total. The first-order valence-electron chi connectivity index (χ1n) is 10.2. The van der Waals surface area contributed by atoms with Gasteiger partial charge in [0.2, 0.25) is 0 Å². The maximum absolute atomic E-state index is 13.2. The summed E-state index contributed by atoms with van der Waals surface area (Å²) in [5.74, 6) is -1.40. The van der Waals surface area contributed by atoms with Crippen molar-refractivity contribution in [3.63, 3.8) is 0 Å². The molecule has 1 fully saturated rings. The van der Waals surface area contributed by atoms with Crippen LogP contribution < -0.4 is 14.4 Å². The first kappa shape index (κ1) is 22.5. The molecule has 0 saturated carbocycles. The van der Waals surface area contributed by atoms with E-state index in [1.54, 1.807) is 48.5 Å². The summed E-state index contributed by atoms with van der Waals surface area (Å²) in [5.41, 5.74) is 0.553. The Bertz CT molecular complexity index is 1320. The molecule has 1 N–H and O–H groups in total. The number of aliphatic hydroxyl groups excluding tert-OH is 1. The molecule has 34 heavy (non-hydrogen) atoms. The SMILES string of the molecule is COc1ccc([C@H]2/C(=C(\O)c3ccccc3)C(=O)C(=O)N2c2cccc([N+](=O)[O-])c2)cc1OC. The van der Waals surface area contributed by atoms with Crippen LogP contribution in [0.25, 0.3) is 5.76 Å². The molecule has 0 radical (unpaired) electrons. The second-order valence-corrected chi connectivity index (χ2v) is 7.43. The van der Waals surface area contributed by atoms with E-state index in [0.717, 1.165) is 4.90 Å². The fourth-order valence-electron chi connectivity index (χ4n) is 3.95. The Morgan fingerprint density at radius 3 is 2.29 bits per heavy atom. The molecule has 1 aliphatic heterocycles. The van der Waals surface area contributed by atoms with Gasteiger partial charge in [-0.2, -0.15) is 0 Å². The van der Waals surface area contributed by atoms with Gasteiger partial charge in [0, 0.05) is 17.7 Å². The van der Waals surface area contributed by atoms with E-state index in [1.165, 1.54) is 38.5 Å². The maximum Gasteiger partial charge on any atom is 0.300 e. The van der Waals surface area contributed by atoms with Gasteiger partial charge in [-0.15, -0.1) is 0 Å². The minimum Gasteiger partial charge on any atom is -0.507 e. The maximum atomic E-state index is 13.2. The number of nitrogens with zero attached hydrogens (tertiary/aromatic N) is 2. The van der Waals surface area contributed by atoms with Crippen molar-refractivity contribution in [3.8, 4) is 11.5 Å². The van der Waals surface area contributed by atoms with E-state index in [4.69, 9.17) is 9.47 Å². The lowest BCUT2D eigenvalue weighted by Gasteiger charge is -2.26. The molecule has 172 valence electrons. The van der Waals surface area contributed by atoms with Crippen LogP contribution >= 0.6 is 0 Å². The third-order valence-corrected chi connectivity index (χ3v) is 5.53. The molecule has 0 aromatic heterocycles. The Morgan fingerprint density at radius 2 is 1.65 bits per heavy atom. The summed E-state index contributed by atoms with van der Waals surface area (Å²) < 4.78 is 10.7. The summed E-state index contributed by atoms with van der Waals surface area (Å²) in [6.07, 6.45) is 0. The summed E-state index contributed by atoms with van der Waals surface area (Å²) in [5, 5.41) is 22.4. The molecule has 1 saturated heterocycles. The molecule has 4 rings (SSSR count). The third-order valence-electron chi connectivity index (χ3n) is 5.53. The Balaban J connectivity index is 1.98. The number of ether oxygens (including phenoxy) is 2. The average molecular weight is 460 g/mol. The first-order chi connectivity index (χ1) is 16.4. The topological polar surface area (TPSA) is 119 Å². The summed E-state index contributed by atoms with van der Waals surface area (Å²) >= 11 is 0. The number of benzene rings is 3. The van der Waals surface area contributed by atoms with E-state index in [0.29, 0.717) is 22.6 Å². The zero-order chi connectivity index (χ0) is 24.4. The van der Waals surface area contributed by atoms with Gasteiger partial charge in [-0.3, -0.25) is 24.6 Å². The molecule has 0 spiro atoms. The normalized spacial score (nSPS) is 17.0. The average Bonchev–Trinajstić information content (AvgIpc) is 3.13.